The van der Waals surface area contributed by atoms with E-state index < -0.39 is 5.97 Å². The van der Waals surface area contributed by atoms with Crippen LogP contribution in [0.3, 0.4) is 0 Å². The summed E-state index contributed by atoms with van der Waals surface area (Å²) in [6, 6.07) is 3.23. The van der Waals surface area contributed by atoms with E-state index in [-0.39, 0.29) is 62.5 Å². The van der Waals surface area contributed by atoms with E-state index >= 15 is 0 Å². The predicted octanol–water partition coefficient (Wildman–Crippen LogP) is -2.25. The number of hydrogen-bond acceptors (Lipinski definition) is 3. The average Bonchev–Trinajstić information content (AvgIpc) is 2.03. The van der Waals surface area contributed by atoms with Gasteiger partial charge in [0.15, 0.2) is 0 Å². The topological polar surface area (TPSA) is 53.0 Å². The van der Waals surface area contributed by atoms with Gasteiger partial charge in [-0.05, 0) is 17.0 Å². The van der Waals surface area contributed by atoms with Gasteiger partial charge >= 0.3 is 51.4 Å². The fourth-order valence-corrected chi connectivity index (χ4v) is 0.958. The summed E-state index contributed by atoms with van der Waals surface area (Å²) >= 11 is 0. The Labute approximate surface area is 126 Å². The molecule has 0 radical (unpaired) electrons. The molecule has 0 bridgehead atoms. The fourth-order valence-electron chi connectivity index (χ4n) is 0.958. The number of nitrogens with zero attached hydrogens (tertiary/aromatic N) is 1. The van der Waals surface area contributed by atoms with Crippen LogP contribution in [0.2, 0.25) is 0 Å². The van der Waals surface area contributed by atoms with Gasteiger partial charge in [0.2, 0.25) is 0 Å². The first-order valence-electron chi connectivity index (χ1n) is 4.09. The van der Waals surface area contributed by atoms with E-state index in [0.717, 1.165) is 5.56 Å². The Hall–Kier alpha value is 0.256. The molecule has 1 aromatic heterocycles. The van der Waals surface area contributed by atoms with E-state index in [9.17, 15) is 9.90 Å². The van der Waals surface area contributed by atoms with Crippen LogP contribution >= 0.6 is 0 Å². The summed E-state index contributed by atoms with van der Waals surface area (Å²) in [7, 11) is 0. The Bertz CT molecular complexity index is 314. The third-order valence-corrected chi connectivity index (χ3v) is 1.84. The van der Waals surface area contributed by atoms with Crippen molar-refractivity contribution in [2.75, 3.05) is 0 Å². The van der Waals surface area contributed by atoms with Gasteiger partial charge in [0.1, 0.15) is 0 Å². The number of hydrogen-bond donors (Lipinski definition) is 0. The molecule has 0 atom stereocenters. The Balaban J connectivity index is 0.00000169. The molecule has 1 rings (SSSR count). The Morgan fingerprint density at radius 1 is 1.36 bits per heavy atom. The zero-order valence-corrected chi connectivity index (χ0v) is 12.1. The first-order valence-corrected chi connectivity index (χ1v) is 4.09. The van der Waals surface area contributed by atoms with E-state index in [1.54, 1.807) is 12.3 Å². The number of carbonyl (C=O) groups is 1. The van der Waals surface area contributed by atoms with Gasteiger partial charge in [0.05, 0.1) is 11.7 Å². The molecule has 0 saturated heterocycles. The molecule has 1 aromatic rings. The van der Waals surface area contributed by atoms with Crippen molar-refractivity contribution in [3.05, 3.63) is 29.6 Å². The average molecular weight is 217 g/mol. The first kappa shape index (κ1) is 14.3. The van der Waals surface area contributed by atoms with Crippen molar-refractivity contribution in [2.24, 2.45) is 0 Å². The Kier molecular flexibility index (Phi) is 5.47. The number of aromatic nitrogens is 1. The van der Waals surface area contributed by atoms with Crippen molar-refractivity contribution in [2.45, 2.75) is 26.2 Å². The van der Waals surface area contributed by atoms with Gasteiger partial charge in [0, 0.05) is 6.20 Å². The van der Waals surface area contributed by atoms with Crippen LogP contribution in [0.25, 0.3) is 0 Å². The van der Waals surface area contributed by atoms with Crippen LogP contribution < -0.4 is 56.5 Å². The quantitative estimate of drug-likeness (QED) is 0.499. The molecule has 14 heavy (non-hydrogen) atoms. The summed E-state index contributed by atoms with van der Waals surface area (Å²) in [4.78, 5) is 14.2. The van der Waals surface area contributed by atoms with Crippen LogP contribution in [-0.4, -0.2) is 11.0 Å². The minimum atomic E-state index is -1.24. The summed E-state index contributed by atoms with van der Waals surface area (Å²) in [6.45, 7) is 6.13. The molecule has 0 fully saturated rings. The summed E-state index contributed by atoms with van der Waals surface area (Å²) in [5.74, 6) is -1.24. The molecule has 0 unspecified atom stereocenters. The van der Waals surface area contributed by atoms with E-state index in [2.05, 4.69) is 4.98 Å². The molecule has 70 valence electrons. The molecule has 3 nitrogen and oxygen atoms in total. The SMILES string of the molecule is CC(C)(C)c1ccc(C(=O)[O-])nc1.[K+]. The van der Waals surface area contributed by atoms with Crippen LogP contribution in [0, 0.1) is 0 Å². The maximum atomic E-state index is 10.4. The maximum absolute atomic E-state index is 10.4. The van der Waals surface area contributed by atoms with Crippen molar-refractivity contribution in [1.29, 1.82) is 0 Å². The molecule has 1 heterocycles. The number of carboxylic acid groups (broad SMARTS) is 1. The smallest absolute Gasteiger partial charge is 0.543 e. The van der Waals surface area contributed by atoms with E-state index in [4.69, 9.17) is 0 Å². The monoisotopic (exact) mass is 217 g/mol. The Morgan fingerprint density at radius 2 is 1.93 bits per heavy atom. The van der Waals surface area contributed by atoms with Crippen LogP contribution in [0.1, 0.15) is 36.8 Å². The van der Waals surface area contributed by atoms with Gasteiger partial charge < -0.3 is 9.90 Å². The summed E-state index contributed by atoms with van der Waals surface area (Å²) in [6.07, 6.45) is 1.57. The van der Waals surface area contributed by atoms with Gasteiger partial charge in [-0.3, -0.25) is 4.98 Å². The first-order chi connectivity index (χ1) is 5.91. The molecule has 0 aliphatic heterocycles. The molecule has 0 saturated carbocycles. The molecule has 0 amide bonds. The van der Waals surface area contributed by atoms with Crippen LogP contribution in [0.5, 0.6) is 0 Å². The van der Waals surface area contributed by atoms with E-state index in [0.29, 0.717) is 0 Å². The predicted molar refractivity (Wildman–Crippen MR) is 47.3 cm³/mol. The van der Waals surface area contributed by atoms with Crippen LogP contribution in [0.15, 0.2) is 18.3 Å². The fraction of sp³-hybridized carbons (Fsp3) is 0.400. The second-order valence-electron chi connectivity index (χ2n) is 3.97. The third-order valence-electron chi connectivity index (χ3n) is 1.84. The number of carbonyl (C=O) groups excluding carboxylic acids is 1. The summed E-state index contributed by atoms with van der Waals surface area (Å²) in [5.41, 5.74) is 0.989. The van der Waals surface area contributed by atoms with Gasteiger partial charge in [0.25, 0.3) is 0 Å². The number of rotatable bonds is 1. The Morgan fingerprint density at radius 3 is 2.21 bits per heavy atom. The molecular weight excluding hydrogens is 205 g/mol. The number of carboxylic acids is 1. The molecule has 4 heteroatoms. The van der Waals surface area contributed by atoms with Crippen molar-refractivity contribution < 1.29 is 61.3 Å². The van der Waals surface area contributed by atoms with Gasteiger partial charge in [-0.2, -0.15) is 0 Å². The van der Waals surface area contributed by atoms with Gasteiger partial charge in [-0.25, -0.2) is 0 Å². The largest absolute Gasteiger partial charge is 1.00 e. The number of aromatic carboxylic acids is 1. The summed E-state index contributed by atoms with van der Waals surface area (Å²) < 4.78 is 0. The summed E-state index contributed by atoms with van der Waals surface area (Å²) in [5, 5.41) is 10.4. The van der Waals surface area contributed by atoms with Crippen LogP contribution in [0.4, 0.5) is 0 Å². The normalized spacial score (nSPS) is 10.5. The minimum absolute atomic E-state index is 0. The second kappa shape index (κ2) is 5.37. The maximum Gasteiger partial charge on any atom is 1.00 e. The van der Waals surface area contributed by atoms with E-state index in [1.807, 2.05) is 20.8 Å². The molecular formula is C10H12KNO2. The van der Waals surface area contributed by atoms with Gasteiger partial charge in [-0.15, -0.1) is 0 Å². The van der Waals surface area contributed by atoms with Gasteiger partial charge in [-0.1, -0.05) is 26.8 Å². The molecule has 0 aliphatic rings. The zero-order chi connectivity index (χ0) is 10.1. The molecule has 0 spiro atoms. The van der Waals surface area contributed by atoms with Crippen molar-refractivity contribution in [1.82, 2.24) is 4.98 Å². The van der Waals surface area contributed by atoms with Crippen molar-refractivity contribution >= 4 is 5.97 Å². The van der Waals surface area contributed by atoms with E-state index in [1.165, 1.54) is 6.07 Å². The minimum Gasteiger partial charge on any atom is -0.543 e. The van der Waals surface area contributed by atoms with Crippen molar-refractivity contribution in [3.8, 4) is 0 Å². The standard InChI is InChI=1S/C10H13NO2.K/c1-10(2,3)7-4-5-8(9(12)13)11-6-7;/h4-6H,1-3H3,(H,12,13);/q;+1/p-1. The molecule has 0 aliphatic carbocycles. The number of pyridine rings is 1. The second-order valence-corrected chi connectivity index (χ2v) is 3.97. The van der Waals surface area contributed by atoms with Crippen LogP contribution in [-0.2, 0) is 5.41 Å². The molecule has 0 aromatic carbocycles. The molecule has 0 N–H and O–H groups in total. The zero-order valence-electron chi connectivity index (χ0n) is 9.00. The third kappa shape index (κ3) is 3.78. The van der Waals surface area contributed by atoms with Crippen molar-refractivity contribution in [3.63, 3.8) is 0 Å².